The SMILES string of the molecule is COC(=O)[C@@H]1CC[C@@H](N(OCc2ccccc2)S(=O)(=O)c2ccc([N+](=O)[O-])cc2)CN1N. The summed E-state index contributed by atoms with van der Waals surface area (Å²) in [5, 5.41) is 12.2. The lowest BCUT2D eigenvalue weighted by molar-refractivity contribution is -0.384. The van der Waals surface area contributed by atoms with Crippen molar-refractivity contribution >= 4 is 21.7 Å². The molecule has 0 spiro atoms. The maximum absolute atomic E-state index is 13.4. The van der Waals surface area contributed by atoms with Gasteiger partial charge < -0.3 is 4.74 Å². The number of hydroxylamine groups is 1. The quantitative estimate of drug-likeness (QED) is 0.266. The zero-order chi connectivity index (χ0) is 23.3. The van der Waals surface area contributed by atoms with Gasteiger partial charge in [-0.2, -0.15) is 0 Å². The predicted octanol–water partition coefficient (Wildman–Crippen LogP) is 1.60. The number of hydrogen-bond acceptors (Lipinski definition) is 9. The van der Waals surface area contributed by atoms with Gasteiger partial charge in [0.1, 0.15) is 6.04 Å². The number of hydrazine groups is 1. The normalized spacial score (nSPS) is 19.6. The average Bonchev–Trinajstić information content (AvgIpc) is 2.79. The van der Waals surface area contributed by atoms with E-state index in [0.717, 1.165) is 34.3 Å². The van der Waals surface area contributed by atoms with Crippen LogP contribution in [0.1, 0.15) is 18.4 Å². The van der Waals surface area contributed by atoms with Gasteiger partial charge in [0.15, 0.2) is 0 Å². The summed E-state index contributed by atoms with van der Waals surface area (Å²) in [5.74, 6) is 5.51. The molecule has 0 bridgehead atoms. The Morgan fingerprint density at radius 1 is 1.19 bits per heavy atom. The molecule has 32 heavy (non-hydrogen) atoms. The Labute approximate surface area is 185 Å². The van der Waals surface area contributed by atoms with E-state index in [0.29, 0.717) is 6.42 Å². The predicted molar refractivity (Wildman–Crippen MR) is 113 cm³/mol. The van der Waals surface area contributed by atoms with Crippen LogP contribution < -0.4 is 5.84 Å². The third-order valence-corrected chi connectivity index (χ3v) is 6.90. The highest BCUT2D eigenvalue weighted by Gasteiger charge is 2.40. The molecule has 2 N–H and O–H groups in total. The van der Waals surface area contributed by atoms with Gasteiger partial charge in [0.2, 0.25) is 0 Å². The van der Waals surface area contributed by atoms with Gasteiger partial charge >= 0.3 is 5.97 Å². The van der Waals surface area contributed by atoms with E-state index in [9.17, 15) is 23.3 Å². The molecule has 2 aromatic rings. The number of rotatable bonds is 8. The lowest BCUT2D eigenvalue weighted by atomic mass is 10.0. The average molecular weight is 465 g/mol. The number of nitro benzene ring substituents is 1. The molecule has 11 nitrogen and oxygen atoms in total. The molecule has 0 aliphatic carbocycles. The number of nitrogens with zero attached hydrogens (tertiary/aromatic N) is 3. The Bertz CT molecular complexity index is 1050. The van der Waals surface area contributed by atoms with Gasteiger partial charge in [0.05, 0.1) is 29.6 Å². The van der Waals surface area contributed by atoms with Crippen molar-refractivity contribution in [2.24, 2.45) is 5.84 Å². The number of ether oxygens (including phenoxy) is 1. The molecule has 0 aromatic heterocycles. The van der Waals surface area contributed by atoms with Crippen molar-refractivity contribution in [3.8, 4) is 0 Å². The number of carbonyl (C=O) groups excluding carboxylic acids is 1. The molecule has 0 saturated carbocycles. The van der Waals surface area contributed by atoms with Crippen molar-refractivity contribution in [2.45, 2.75) is 36.4 Å². The molecule has 0 unspecified atom stereocenters. The molecule has 0 radical (unpaired) electrons. The number of carbonyl (C=O) groups is 1. The van der Waals surface area contributed by atoms with Crippen molar-refractivity contribution in [1.82, 2.24) is 9.48 Å². The van der Waals surface area contributed by atoms with E-state index in [4.69, 9.17) is 15.4 Å². The molecule has 172 valence electrons. The van der Waals surface area contributed by atoms with Crippen LogP contribution in [0.5, 0.6) is 0 Å². The Kier molecular flexibility index (Phi) is 7.53. The number of nitrogens with two attached hydrogens (primary N) is 1. The minimum Gasteiger partial charge on any atom is -0.468 e. The number of piperidine rings is 1. The number of non-ortho nitro benzene ring substituents is 1. The van der Waals surface area contributed by atoms with E-state index < -0.39 is 33.0 Å². The molecule has 1 heterocycles. The third kappa shape index (κ3) is 5.29. The van der Waals surface area contributed by atoms with Crippen LogP contribution in [0.3, 0.4) is 0 Å². The summed E-state index contributed by atoms with van der Waals surface area (Å²) in [6, 6.07) is 12.2. The van der Waals surface area contributed by atoms with Crippen LogP contribution in [0, 0.1) is 10.1 Å². The van der Waals surface area contributed by atoms with Crippen LogP contribution in [-0.4, -0.2) is 54.5 Å². The van der Waals surface area contributed by atoms with Crippen LogP contribution in [0.4, 0.5) is 5.69 Å². The summed E-state index contributed by atoms with van der Waals surface area (Å²) >= 11 is 0. The fourth-order valence-electron chi connectivity index (χ4n) is 3.47. The zero-order valence-electron chi connectivity index (χ0n) is 17.4. The van der Waals surface area contributed by atoms with E-state index in [2.05, 4.69) is 0 Å². The first-order chi connectivity index (χ1) is 15.2. The second-order valence-electron chi connectivity index (χ2n) is 7.24. The molecular weight excluding hydrogens is 440 g/mol. The largest absolute Gasteiger partial charge is 0.468 e. The molecule has 2 atom stereocenters. The fourth-order valence-corrected chi connectivity index (χ4v) is 4.91. The number of esters is 1. The molecule has 12 heteroatoms. The number of sulfonamides is 1. The minimum absolute atomic E-state index is 0.0193. The lowest BCUT2D eigenvalue weighted by Gasteiger charge is -2.39. The van der Waals surface area contributed by atoms with Gasteiger partial charge in [0, 0.05) is 18.7 Å². The van der Waals surface area contributed by atoms with E-state index >= 15 is 0 Å². The van der Waals surface area contributed by atoms with Crippen LogP contribution in [0.15, 0.2) is 59.5 Å². The summed E-state index contributed by atoms with van der Waals surface area (Å²) < 4.78 is 32.4. The lowest BCUT2D eigenvalue weighted by Crippen LogP contribution is -2.58. The third-order valence-electron chi connectivity index (χ3n) is 5.15. The number of benzene rings is 2. The second kappa shape index (κ2) is 10.1. The van der Waals surface area contributed by atoms with Crippen LogP contribution in [-0.2, 0) is 31.0 Å². The van der Waals surface area contributed by atoms with Crippen LogP contribution >= 0.6 is 0 Å². The van der Waals surface area contributed by atoms with E-state index in [1.807, 2.05) is 6.07 Å². The molecule has 2 aromatic carbocycles. The second-order valence-corrected chi connectivity index (χ2v) is 9.02. The van der Waals surface area contributed by atoms with Crippen molar-refractivity contribution < 1.29 is 27.7 Å². The Balaban J connectivity index is 1.88. The van der Waals surface area contributed by atoms with Crippen molar-refractivity contribution in [3.05, 3.63) is 70.3 Å². The molecule has 1 aliphatic rings. The first-order valence-electron chi connectivity index (χ1n) is 9.79. The fraction of sp³-hybridized carbons (Fsp3) is 0.350. The van der Waals surface area contributed by atoms with Gasteiger partial charge in [-0.05, 0) is 30.5 Å². The summed E-state index contributed by atoms with van der Waals surface area (Å²) in [6.45, 7) is 0.00925. The Morgan fingerprint density at radius 3 is 2.41 bits per heavy atom. The molecule has 3 rings (SSSR count). The van der Waals surface area contributed by atoms with Gasteiger partial charge in [0.25, 0.3) is 15.7 Å². The highest BCUT2D eigenvalue weighted by Crippen LogP contribution is 2.27. The van der Waals surface area contributed by atoms with E-state index in [1.54, 1.807) is 24.3 Å². The van der Waals surface area contributed by atoms with Gasteiger partial charge in [-0.15, -0.1) is 0 Å². The highest BCUT2D eigenvalue weighted by atomic mass is 32.2. The first kappa shape index (κ1) is 23.8. The Morgan fingerprint density at radius 2 is 1.84 bits per heavy atom. The molecule has 1 aliphatic heterocycles. The summed E-state index contributed by atoms with van der Waals surface area (Å²) in [6.07, 6.45) is 0.573. The molecule has 1 fully saturated rings. The van der Waals surface area contributed by atoms with Gasteiger partial charge in [-0.1, -0.05) is 34.8 Å². The number of hydrogen-bond donors (Lipinski definition) is 1. The zero-order valence-corrected chi connectivity index (χ0v) is 18.2. The topological polar surface area (TPSA) is 145 Å². The van der Waals surface area contributed by atoms with Gasteiger partial charge in [-0.3, -0.25) is 25.6 Å². The van der Waals surface area contributed by atoms with E-state index in [-0.39, 0.29) is 30.2 Å². The summed E-state index contributed by atoms with van der Waals surface area (Å²) in [4.78, 5) is 27.8. The van der Waals surface area contributed by atoms with Crippen molar-refractivity contribution in [2.75, 3.05) is 13.7 Å². The standard InChI is InChI=1S/C20H24N4O7S/c1-30-20(25)19-12-9-17(13-22(19)21)24(31-14-15-5-3-2-4-6-15)32(28,29)18-10-7-16(8-11-18)23(26)27/h2-8,10-11,17,19H,9,12-14,21H2,1H3/t17-,19+/m1/s1. The van der Waals surface area contributed by atoms with Crippen molar-refractivity contribution in [1.29, 1.82) is 0 Å². The smallest absolute Gasteiger partial charge is 0.324 e. The van der Waals surface area contributed by atoms with Crippen LogP contribution in [0.25, 0.3) is 0 Å². The molecule has 1 saturated heterocycles. The minimum atomic E-state index is -4.19. The maximum Gasteiger partial charge on any atom is 0.324 e. The molecular formula is C20H24N4O7S. The number of nitro groups is 1. The first-order valence-corrected chi connectivity index (χ1v) is 11.2. The summed E-state index contributed by atoms with van der Waals surface area (Å²) in [7, 11) is -2.93. The monoisotopic (exact) mass is 464 g/mol. The van der Waals surface area contributed by atoms with Crippen LogP contribution in [0.2, 0.25) is 0 Å². The van der Waals surface area contributed by atoms with E-state index in [1.165, 1.54) is 12.1 Å². The summed E-state index contributed by atoms with van der Waals surface area (Å²) in [5.41, 5.74) is 0.525. The Hall–Kier alpha value is -2.90. The molecule has 0 amide bonds. The number of methoxy groups -OCH3 is 1. The maximum atomic E-state index is 13.4. The highest BCUT2D eigenvalue weighted by molar-refractivity contribution is 7.89. The van der Waals surface area contributed by atoms with Crippen molar-refractivity contribution in [3.63, 3.8) is 0 Å². The van der Waals surface area contributed by atoms with Gasteiger partial charge in [-0.25, -0.2) is 13.4 Å².